The number of fused-ring (bicyclic) bond motifs is 1. The van der Waals surface area contributed by atoms with Crippen molar-refractivity contribution >= 4 is 26.6 Å². The van der Waals surface area contributed by atoms with Crippen LogP contribution in [0.1, 0.15) is 41.8 Å². The monoisotopic (exact) mass is 557 g/mol. The largest absolute Gasteiger partial charge is 0.491 e. The highest BCUT2D eigenvalue weighted by molar-refractivity contribution is 7.90. The van der Waals surface area contributed by atoms with Gasteiger partial charge in [0.2, 0.25) is 0 Å². The van der Waals surface area contributed by atoms with Gasteiger partial charge in [-0.25, -0.2) is 8.42 Å². The summed E-state index contributed by atoms with van der Waals surface area (Å²) in [4.78, 5) is 22.1. The first-order chi connectivity index (χ1) is 19.3. The van der Waals surface area contributed by atoms with Gasteiger partial charge in [-0.15, -0.1) is 0 Å². The van der Waals surface area contributed by atoms with Gasteiger partial charge in [-0.05, 0) is 67.8 Å². The van der Waals surface area contributed by atoms with E-state index in [1.54, 1.807) is 48.7 Å². The van der Waals surface area contributed by atoms with Gasteiger partial charge in [0.1, 0.15) is 5.75 Å². The van der Waals surface area contributed by atoms with Crippen LogP contribution < -0.4 is 4.74 Å². The Morgan fingerprint density at radius 3 is 2.48 bits per heavy atom. The fraction of sp³-hybridized carbons (Fsp3) is 0.312. The number of pyridine rings is 1. The molecule has 0 saturated carbocycles. The van der Waals surface area contributed by atoms with Crippen LogP contribution in [0.2, 0.25) is 0 Å². The van der Waals surface area contributed by atoms with E-state index in [1.165, 1.54) is 5.56 Å². The second kappa shape index (κ2) is 12.2. The Morgan fingerprint density at radius 1 is 0.900 bits per heavy atom. The molecular weight excluding hydrogens is 522 g/mol. The standard InChI is InChI=1S/C32H35N3O4S/c1-24(2)39-29-10-3-7-26(21-29)22-34-17-6-18-35(20-19-34)32(36)28-14-12-25(13-15-28)23-40(37,38)30-11-4-8-27-9-5-16-33-31(27)30/h3-5,7-16,21,24H,6,17-20,22-23H2,1-2H3. The maximum absolute atomic E-state index is 13.3. The maximum atomic E-state index is 13.3. The number of sulfone groups is 1. The Balaban J connectivity index is 1.20. The molecule has 4 aromatic rings. The summed E-state index contributed by atoms with van der Waals surface area (Å²) in [5.74, 6) is 0.699. The average Bonchev–Trinajstić information content (AvgIpc) is 3.18. The van der Waals surface area contributed by atoms with Crippen LogP contribution in [0.3, 0.4) is 0 Å². The number of aromatic nitrogens is 1. The number of hydrogen-bond acceptors (Lipinski definition) is 6. The minimum atomic E-state index is -3.61. The summed E-state index contributed by atoms with van der Waals surface area (Å²) in [5, 5.41) is 0.786. The number of amides is 1. The van der Waals surface area contributed by atoms with Crippen LogP contribution in [-0.2, 0) is 22.1 Å². The van der Waals surface area contributed by atoms with Gasteiger partial charge < -0.3 is 9.64 Å². The predicted molar refractivity (Wildman–Crippen MR) is 157 cm³/mol. The van der Waals surface area contributed by atoms with Crippen molar-refractivity contribution in [1.82, 2.24) is 14.8 Å². The van der Waals surface area contributed by atoms with E-state index in [-0.39, 0.29) is 22.7 Å². The zero-order valence-electron chi connectivity index (χ0n) is 23.0. The zero-order valence-corrected chi connectivity index (χ0v) is 23.8. The fourth-order valence-corrected chi connectivity index (χ4v) is 6.67. The molecular formula is C32H35N3O4S. The molecule has 0 N–H and O–H groups in total. The Bertz CT molecular complexity index is 1580. The molecule has 0 aliphatic carbocycles. The van der Waals surface area contributed by atoms with Crippen molar-refractivity contribution in [1.29, 1.82) is 0 Å². The summed E-state index contributed by atoms with van der Waals surface area (Å²) in [7, 11) is -3.61. The zero-order chi connectivity index (χ0) is 28.1. The lowest BCUT2D eigenvalue weighted by Crippen LogP contribution is -2.35. The fourth-order valence-electron chi connectivity index (χ4n) is 5.13. The Kier molecular flexibility index (Phi) is 8.47. The first-order valence-corrected chi connectivity index (χ1v) is 15.4. The SMILES string of the molecule is CC(C)Oc1cccc(CN2CCCN(C(=O)c3ccc(CS(=O)(=O)c4cccc5cccnc45)cc3)CC2)c1. The maximum Gasteiger partial charge on any atom is 0.253 e. The number of para-hydroxylation sites is 1. The number of benzene rings is 3. The summed E-state index contributed by atoms with van der Waals surface area (Å²) in [5.41, 5.74) is 2.88. The molecule has 40 heavy (non-hydrogen) atoms. The lowest BCUT2D eigenvalue weighted by Gasteiger charge is -2.22. The van der Waals surface area contributed by atoms with Crippen molar-refractivity contribution in [2.45, 2.75) is 43.6 Å². The summed E-state index contributed by atoms with van der Waals surface area (Å²) in [6.45, 7) is 7.89. The summed E-state index contributed by atoms with van der Waals surface area (Å²) < 4.78 is 32.3. The van der Waals surface area contributed by atoms with Crippen molar-refractivity contribution < 1.29 is 17.9 Å². The van der Waals surface area contributed by atoms with Gasteiger partial charge in [-0.2, -0.15) is 0 Å². The van der Waals surface area contributed by atoms with E-state index >= 15 is 0 Å². The Hall–Kier alpha value is -3.75. The minimum absolute atomic E-state index is 0.0261. The number of rotatable bonds is 8. The average molecular weight is 558 g/mol. The van der Waals surface area contributed by atoms with Crippen LogP contribution >= 0.6 is 0 Å². The summed E-state index contributed by atoms with van der Waals surface area (Å²) >= 11 is 0. The van der Waals surface area contributed by atoms with Gasteiger partial charge in [-0.3, -0.25) is 14.7 Å². The van der Waals surface area contributed by atoms with E-state index in [1.807, 2.05) is 43.0 Å². The number of nitrogens with zero attached hydrogens (tertiary/aromatic N) is 3. The van der Waals surface area contributed by atoms with E-state index in [9.17, 15) is 13.2 Å². The Labute approximate surface area is 236 Å². The van der Waals surface area contributed by atoms with Crippen LogP contribution in [0.25, 0.3) is 10.9 Å². The molecule has 8 heteroatoms. The molecule has 1 fully saturated rings. The van der Waals surface area contributed by atoms with Gasteiger partial charge in [0.15, 0.2) is 9.84 Å². The van der Waals surface area contributed by atoms with Crippen molar-refractivity contribution in [2.24, 2.45) is 0 Å². The Morgan fingerprint density at radius 2 is 1.68 bits per heavy atom. The predicted octanol–water partition coefficient (Wildman–Crippen LogP) is 5.34. The molecule has 0 spiro atoms. The molecule has 0 unspecified atom stereocenters. The van der Waals surface area contributed by atoms with Gasteiger partial charge in [-0.1, -0.05) is 42.5 Å². The highest BCUT2D eigenvalue weighted by Crippen LogP contribution is 2.25. The first-order valence-electron chi connectivity index (χ1n) is 13.7. The lowest BCUT2D eigenvalue weighted by atomic mass is 10.1. The van der Waals surface area contributed by atoms with Crippen LogP contribution in [0.15, 0.2) is 90.0 Å². The summed E-state index contributed by atoms with van der Waals surface area (Å²) in [6, 6.07) is 24.0. The van der Waals surface area contributed by atoms with Crippen LogP contribution in [0.5, 0.6) is 5.75 Å². The molecule has 1 aliphatic rings. The molecule has 208 valence electrons. The molecule has 1 amide bonds. The third kappa shape index (κ3) is 6.69. The number of ether oxygens (including phenoxy) is 1. The normalized spacial score (nSPS) is 14.8. The second-order valence-electron chi connectivity index (χ2n) is 10.5. The summed E-state index contributed by atoms with van der Waals surface area (Å²) in [6.07, 6.45) is 2.63. The van der Waals surface area contributed by atoms with Crippen molar-refractivity contribution in [3.63, 3.8) is 0 Å². The molecule has 3 aromatic carbocycles. The molecule has 0 bridgehead atoms. The quantitative estimate of drug-likeness (QED) is 0.291. The highest BCUT2D eigenvalue weighted by Gasteiger charge is 2.22. The topological polar surface area (TPSA) is 79.8 Å². The lowest BCUT2D eigenvalue weighted by molar-refractivity contribution is 0.0761. The smallest absolute Gasteiger partial charge is 0.253 e. The molecule has 1 aliphatic heterocycles. The molecule has 0 radical (unpaired) electrons. The van der Waals surface area contributed by atoms with Gasteiger partial charge >= 0.3 is 0 Å². The minimum Gasteiger partial charge on any atom is -0.491 e. The first kappa shape index (κ1) is 27.8. The van der Waals surface area contributed by atoms with Crippen molar-refractivity contribution in [3.05, 3.63) is 102 Å². The van der Waals surface area contributed by atoms with Crippen LogP contribution in [0, 0.1) is 0 Å². The molecule has 0 atom stereocenters. The van der Waals surface area contributed by atoms with Gasteiger partial charge in [0, 0.05) is 49.9 Å². The second-order valence-corrected chi connectivity index (χ2v) is 12.5. The number of hydrogen-bond donors (Lipinski definition) is 0. The molecule has 7 nitrogen and oxygen atoms in total. The van der Waals surface area contributed by atoms with E-state index in [0.717, 1.165) is 37.2 Å². The molecule has 1 aromatic heterocycles. The van der Waals surface area contributed by atoms with E-state index in [0.29, 0.717) is 29.7 Å². The molecule has 2 heterocycles. The third-order valence-electron chi connectivity index (χ3n) is 7.04. The van der Waals surface area contributed by atoms with Gasteiger partial charge in [0.05, 0.1) is 22.3 Å². The van der Waals surface area contributed by atoms with E-state index in [2.05, 4.69) is 22.0 Å². The number of carbonyl (C=O) groups excluding carboxylic acids is 1. The van der Waals surface area contributed by atoms with Gasteiger partial charge in [0.25, 0.3) is 5.91 Å². The highest BCUT2D eigenvalue weighted by atomic mass is 32.2. The third-order valence-corrected chi connectivity index (χ3v) is 8.75. The van der Waals surface area contributed by atoms with Crippen LogP contribution in [-0.4, -0.2) is 61.4 Å². The number of carbonyl (C=O) groups is 1. The molecule has 5 rings (SSSR count). The van der Waals surface area contributed by atoms with Crippen LogP contribution in [0.4, 0.5) is 0 Å². The van der Waals surface area contributed by atoms with Crippen molar-refractivity contribution in [3.8, 4) is 5.75 Å². The van der Waals surface area contributed by atoms with E-state index < -0.39 is 9.84 Å². The van der Waals surface area contributed by atoms with Crippen molar-refractivity contribution in [2.75, 3.05) is 26.2 Å². The molecule has 1 saturated heterocycles. The van der Waals surface area contributed by atoms with E-state index in [4.69, 9.17) is 4.74 Å².